The molecule has 0 aliphatic carbocycles. The van der Waals surface area contributed by atoms with E-state index in [0.29, 0.717) is 19.5 Å². The van der Waals surface area contributed by atoms with E-state index in [4.69, 9.17) is 15.6 Å². The Labute approximate surface area is 200 Å². The van der Waals surface area contributed by atoms with Crippen LogP contribution in [0.3, 0.4) is 0 Å². The predicted octanol–water partition coefficient (Wildman–Crippen LogP) is 3.67. The first-order valence-electron chi connectivity index (χ1n) is 10.8. The minimum absolute atomic E-state index is 0.130. The number of carbonyl (C=O) groups is 2. The summed E-state index contributed by atoms with van der Waals surface area (Å²) in [5, 5.41) is 7.12. The Morgan fingerprint density at radius 2 is 1.57 bits per heavy atom. The Balaban J connectivity index is 0.000000540. The van der Waals surface area contributed by atoms with Gasteiger partial charge < -0.3 is 20.6 Å². The summed E-state index contributed by atoms with van der Waals surface area (Å²) in [5.74, 6) is -3.43. The molecule has 0 radical (unpaired) electrons. The van der Waals surface area contributed by atoms with E-state index in [2.05, 4.69) is 0 Å². The van der Waals surface area contributed by atoms with Crippen LogP contribution in [0.25, 0.3) is 11.1 Å². The van der Waals surface area contributed by atoms with E-state index in [1.807, 2.05) is 43.3 Å². The van der Waals surface area contributed by atoms with Crippen LogP contribution in [0.5, 0.6) is 0 Å². The van der Waals surface area contributed by atoms with E-state index < -0.39 is 24.4 Å². The van der Waals surface area contributed by atoms with E-state index >= 15 is 0 Å². The molecule has 11 heteroatoms. The second kappa shape index (κ2) is 12.1. The average molecular weight is 501 g/mol. The summed E-state index contributed by atoms with van der Waals surface area (Å²) in [6.45, 7) is 1.16. The largest absolute Gasteiger partial charge is 0.490 e. The molecule has 1 fully saturated rings. The second-order valence-corrected chi connectivity index (χ2v) is 8.50. The third kappa shape index (κ3) is 8.29. The zero-order valence-electron chi connectivity index (χ0n) is 19.3. The first-order chi connectivity index (χ1) is 16.3. The van der Waals surface area contributed by atoms with Gasteiger partial charge in [0, 0.05) is 19.0 Å². The van der Waals surface area contributed by atoms with Gasteiger partial charge in [-0.1, -0.05) is 36.4 Å². The van der Waals surface area contributed by atoms with Crippen LogP contribution in [0, 0.1) is 5.82 Å². The number of likely N-dealkylation sites (N-methyl/N-ethyl adjacent to an activating group) is 1. The highest BCUT2D eigenvalue weighted by Crippen LogP contribution is 2.26. The number of nitrogens with two attached hydrogens (primary N) is 1. The van der Waals surface area contributed by atoms with Gasteiger partial charge in [-0.05, 0) is 49.3 Å². The number of hydrogen-bond donors (Lipinski definition) is 2. The molecule has 1 aliphatic heterocycles. The van der Waals surface area contributed by atoms with Gasteiger partial charge in [0.05, 0.1) is 12.6 Å². The van der Waals surface area contributed by atoms with Crippen molar-refractivity contribution in [3.05, 3.63) is 59.9 Å². The van der Waals surface area contributed by atoms with E-state index in [-0.39, 0.29) is 24.2 Å². The molecule has 1 amide bonds. The summed E-state index contributed by atoms with van der Waals surface area (Å²) >= 11 is 0. The fraction of sp³-hybridized carbons (Fsp3) is 0.417. The molecule has 0 unspecified atom stereocenters. The average Bonchev–Trinajstić information content (AvgIpc) is 3.23. The molecule has 0 saturated carbocycles. The topological polar surface area (TPSA) is 86.9 Å². The molecule has 0 spiro atoms. The molecule has 0 aromatic heterocycles. The number of carbonyl (C=O) groups excluding carboxylic acids is 1. The lowest BCUT2D eigenvalue weighted by Gasteiger charge is -2.29. The van der Waals surface area contributed by atoms with Crippen molar-refractivity contribution in [1.82, 2.24) is 9.80 Å². The molecule has 1 aliphatic rings. The molecule has 3 atom stereocenters. The summed E-state index contributed by atoms with van der Waals surface area (Å²) in [5.41, 5.74) is 9.19. The molecular formula is C24H28F5N3O3. The first kappa shape index (κ1) is 28.2. The molecule has 192 valence electrons. The Kier molecular flexibility index (Phi) is 9.73. The number of halogens is 5. The summed E-state index contributed by atoms with van der Waals surface area (Å²) < 4.78 is 58.4. The van der Waals surface area contributed by atoms with Crippen molar-refractivity contribution in [2.24, 2.45) is 5.73 Å². The Morgan fingerprint density at radius 1 is 1.09 bits per heavy atom. The fourth-order valence-electron chi connectivity index (χ4n) is 3.69. The molecular weight excluding hydrogens is 473 g/mol. The van der Waals surface area contributed by atoms with Crippen LogP contribution in [0.1, 0.15) is 17.9 Å². The fourth-order valence-corrected chi connectivity index (χ4v) is 3.69. The Hall–Kier alpha value is -3.05. The second-order valence-electron chi connectivity index (χ2n) is 8.50. The van der Waals surface area contributed by atoms with Crippen molar-refractivity contribution in [2.75, 3.05) is 33.7 Å². The van der Waals surface area contributed by atoms with E-state index in [1.165, 1.54) is 17.0 Å². The third-order valence-electron chi connectivity index (χ3n) is 5.48. The molecule has 2 aromatic rings. The van der Waals surface area contributed by atoms with Crippen molar-refractivity contribution in [3.8, 4) is 11.1 Å². The number of hydrogen-bond acceptors (Lipinski definition) is 4. The predicted molar refractivity (Wildman–Crippen MR) is 121 cm³/mol. The van der Waals surface area contributed by atoms with E-state index in [0.717, 1.165) is 16.7 Å². The number of rotatable bonds is 6. The van der Waals surface area contributed by atoms with Crippen molar-refractivity contribution >= 4 is 11.9 Å². The standard InChI is InChI=1S/C22H27F2N3O.C2HF3O2/c1-26(2)14-20(21(25)22(28)27-12-11-19(24)13-27)17-5-3-15(4-6-17)16-7-9-18(23)10-8-16;3-2(4,5)1(6)7/h3-10,19-21H,11-14,25H2,1-2H3;(H,6,7)/t19-,20-,21-;/m0./s1. The zero-order chi connectivity index (χ0) is 26.3. The molecule has 2 aromatic carbocycles. The van der Waals surface area contributed by atoms with Gasteiger partial charge in [0.15, 0.2) is 0 Å². The van der Waals surface area contributed by atoms with Gasteiger partial charge >= 0.3 is 12.1 Å². The molecule has 1 saturated heterocycles. The zero-order valence-corrected chi connectivity index (χ0v) is 19.3. The normalized spacial score (nSPS) is 17.5. The lowest BCUT2D eigenvalue weighted by Crippen LogP contribution is -2.48. The quantitative estimate of drug-likeness (QED) is 0.590. The Bertz CT molecular complexity index is 981. The van der Waals surface area contributed by atoms with Gasteiger partial charge in [0.2, 0.25) is 5.91 Å². The first-order valence-corrected chi connectivity index (χ1v) is 10.8. The summed E-state index contributed by atoms with van der Waals surface area (Å²) in [7, 11) is 3.87. The maximum Gasteiger partial charge on any atom is 0.490 e. The lowest BCUT2D eigenvalue weighted by atomic mass is 9.89. The number of carboxylic acids is 1. The van der Waals surface area contributed by atoms with Crippen LogP contribution in [0.2, 0.25) is 0 Å². The van der Waals surface area contributed by atoms with Gasteiger partial charge in [0.1, 0.15) is 12.0 Å². The summed E-state index contributed by atoms with van der Waals surface area (Å²) in [6, 6.07) is 13.4. The minimum Gasteiger partial charge on any atom is -0.475 e. The van der Waals surface area contributed by atoms with Gasteiger partial charge in [-0.25, -0.2) is 13.6 Å². The summed E-state index contributed by atoms with van der Waals surface area (Å²) in [6.07, 6.45) is -5.66. The van der Waals surface area contributed by atoms with Crippen molar-refractivity contribution in [3.63, 3.8) is 0 Å². The summed E-state index contributed by atoms with van der Waals surface area (Å²) in [4.78, 5) is 25.2. The smallest absolute Gasteiger partial charge is 0.475 e. The maximum absolute atomic E-state index is 13.5. The third-order valence-corrected chi connectivity index (χ3v) is 5.48. The monoisotopic (exact) mass is 501 g/mol. The number of carboxylic acid groups (broad SMARTS) is 1. The lowest BCUT2D eigenvalue weighted by molar-refractivity contribution is -0.192. The number of amides is 1. The molecule has 35 heavy (non-hydrogen) atoms. The van der Waals surface area contributed by atoms with Crippen LogP contribution in [-0.2, 0) is 9.59 Å². The molecule has 6 nitrogen and oxygen atoms in total. The van der Waals surface area contributed by atoms with Crippen LogP contribution in [-0.4, -0.2) is 78.9 Å². The van der Waals surface area contributed by atoms with Gasteiger partial charge in [-0.3, -0.25) is 4.79 Å². The highest BCUT2D eigenvalue weighted by molar-refractivity contribution is 5.83. The molecule has 1 heterocycles. The number of aliphatic carboxylic acids is 1. The SMILES string of the molecule is CN(C)C[C@@H](c1ccc(-c2ccc(F)cc2)cc1)[C@H](N)C(=O)N1CC[C@H](F)C1.O=C(O)C(F)(F)F. The van der Waals surface area contributed by atoms with Gasteiger partial charge in [-0.2, -0.15) is 13.2 Å². The molecule has 3 rings (SSSR count). The van der Waals surface area contributed by atoms with Gasteiger partial charge in [-0.15, -0.1) is 0 Å². The van der Waals surface area contributed by atoms with Gasteiger partial charge in [0.25, 0.3) is 0 Å². The van der Waals surface area contributed by atoms with Crippen LogP contribution >= 0.6 is 0 Å². The number of benzene rings is 2. The molecule has 3 N–H and O–H groups in total. The van der Waals surface area contributed by atoms with E-state index in [9.17, 15) is 26.7 Å². The van der Waals surface area contributed by atoms with Crippen molar-refractivity contribution in [1.29, 1.82) is 0 Å². The Morgan fingerprint density at radius 3 is 1.97 bits per heavy atom. The number of alkyl halides is 4. The van der Waals surface area contributed by atoms with Crippen molar-refractivity contribution < 1.29 is 36.6 Å². The van der Waals surface area contributed by atoms with Crippen LogP contribution in [0.4, 0.5) is 22.0 Å². The van der Waals surface area contributed by atoms with Crippen LogP contribution < -0.4 is 5.73 Å². The van der Waals surface area contributed by atoms with Crippen LogP contribution in [0.15, 0.2) is 48.5 Å². The molecule has 0 bridgehead atoms. The minimum atomic E-state index is -5.08. The number of nitrogens with zero attached hydrogens (tertiary/aromatic N) is 2. The highest BCUT2D eigenvalue weighted by atomic mass is 19.4. The van der Waals surface area contributed by atoms with Crippen molar-refractivity contribution in [2.45, 2.75) is 30.7 Å². The van der Waals surface area contributed by atoms with E-state index in [1.54, 1.807) is 12.1 Å². The number of likely N-dealkylation sites (tertiary alicyclic amines) is 1. The highest BCUT2D eigenvalue weighted by Gasteiger charge is 2.38. The maximum atomic E-state index is 13.5.